The van der Waals surface area contributed by atoms with Gasteiger partial charge in [-0.3, -0.25) is 4.79 Å². The number of halogens is 1. The molecular weight excluding hydrogens is 244 g/mol. The highest BCUT2D eigenvalue weighted by molar-refractivity contribution is 9.10. The van der Waals surface area contributed by atoms with E-state index >= 15 is 0 Å². The normalized spacial score (nSPS) is 9.64. The molecule has 1 rings (SSSR count). The molecule has 0 bridgehead atoms. The predicted octanol–water partition coefficient (Wildman–Crippen LogP) is 3.13. The zero-order valence-corrected chi connectivity index (χ0v) is 9.72. The fraction of sp³-hybridized carbons (Fsp3) is 0.182. The largest absolute Gasteiger partial charge is 0.496 e. The van der Waals surface area contributed by atoms with Crippen molar-refractivity contribution in [1.82, 2.24) is 0 Å². The zero-order chi connectivity index (χ0) is 10.7. The average molecular weight is 255 g/mol. The van der Waals surface area contributed by atoms with E-state index in [1.54, 1.807) is 13.2 Å². The van der Waals surface area contributed by atoms with E-state index < -0.39 is 0 Å². The number of ether oxygens (including phenoxy) is 1. The van der Waals surface area contributed by atoms with Crippen molar-refractivity contribution in [3.05, 3.63) is 40.4 Å². The third-order valence-corrected chi connectivity index (χ3v) is 2.87. The molecule has 0 aliphatic carbocycles. The molecule has 0 aliphatic rings. The number of allylic oxidation sites excluding steroid dienone is 1. The molecule has 1 aromatic carbocycles. The van der Waals surface area contributed by atoms with Crippen LogP contribution in [0.5, 0.6) is 5.75 Å². The zero-order valence-electron chi connectivity index (χ0n) is 8.13. The van der Waals surface area contributed by atoms with Crippen LogP contribution in [0.4, 0.5) is 0 Å². The molecule has 0 fully saturated rings. The van der Waals surface area contributed by atoms with Crippen LogP contribution >= 0.6 is 15.9 Å². The lowest BCUT2D eigenvalue weighted by Crippen LogP contribution is -2.02. The fourth-order valence-electron chi connectivity index (χ4n) is 1.24. The van der Waals surface area contributed by atoms with E-state index in [1.807, 2.05) is 13.0 Å². The van der Waals surface area contributed by atoms with Crippen molar-refractivity contribution in [1.29, 1.82) is 0 Å². The number of methoxy groups -OCH3 is 1. The number of ketones is 1. The van der Waals surface area contributed by atoms with Crippen LogP contribution in [-0.4, -0.2) is 12.9 Å². The van der Waals surface area contributed by atoms with E-state index in [1.165, 1.54) is 6.08 Å². The summed E-state index contributed by atoms with van der Waals surface area (Å²) in [5.41, 5.74) is 1.44. The van der Waals surface area contributed by atoms with Gasteiger partial charge in [-0.15, -0.1) is 0 Å². The van der Waals surface area contributed by atoms with E-state index in [2.05, 4.69) is 22.5 Å². The van der Waals surface area contributed by atoms with Gasteiger partial charge in [-0.05, 0) is 30.7 Å². The summed E-state index contributed by atoms with van der Waals surface area (Å²) >= 11 is 3.36. The molecule has 0 saturated heterocycles. The molecule has 0 atom stereocenters. The molecule has 14 heavy (non-hydrogen) atoms. The Morgan fingerprint density at radius 1 is 1.57 bits per heavy atom. The second kappa shape index (κ2) is 4.42. The monoisotopic (exact) mass is 254 g/mol. The first-order valence-corrected chi connectivity index (χ1v) is 4.91. The van der Waals surface area contributed by atoms with E-state index in [9.17, 15) is 4.79 Å². The Morgan fingerprint density at radius 2 is 2.21 bits per heavy atom. The molecule has 0 aromatic heterocycles. The summed E-state index contributed by atoms with van der Waals surface area (Å²) in [5, 5.41) is 0. The fourth-order valence-corrected chi connectivity index (χ4v) is 1.57. The highest BCUT2D eigenvalue weighted by atomic mass is 79.9. The number of hydrogen-bond donors (Lipinski definition) is 0. The molecule has 0 unspecified atom stereocenters. The highest BCUT2D eigenvalue weighted by Crippen LogP contribution is 2.28. The summed E-state index contributed by atoms with van der Waals surface area (Å²) in [6, 6.07) is 3.61. The molecule has 0 heterocycles. The summed E-state index contributed by atoms with van der Waals surface area (Å²) in [6.07, 6.45) is 1.29. The third-order valence-electron chi connectivity index (χ3n) is 2.01. The first-order chi connectivity index (χ1) is 6.61. The van der Waals surface area contributed by atoms with Gasteiger partial charge in [0, 0.05) is 4.47 Å². The Morgan fingerprint density at radius 3 is 2.71 bits per heavy atom. The van der Waals surface area contributed by atoms with Gasteiger partial charge in [0.2, 0.25) is 0 Å². The smallest absolute Gasteiger partial charge is 0.189 e. The first kappa shape index (κ1) is 11.0. The number of carbonyl (C=O) groups is 1. The molecule has 0 spiro atoms. The molecular formula is C11H11BrO2. The summed E-state index contributed by atoms with van der Waals surface area (Å²) in [6.45, 7) is 5.33. The van der Waals surface area contributed by atoms with Crippen LogP contribution < -0.4 is 4.74 Å². The van der Waals surface area contributed by atoms with Crippen LogP contribution in [0.25, 0.3) is 0 Å². The first-order valence-electron chi connectivity index (χ1n) is 4.11. The van der Waals surface area contributed by atoms with Gasteiger partial charge >= 0.3 is 0 Å². The average Bonchev–Trinajstić information content (AvgIpc) is 2.20. The summed E-state index contributed by atoms with van der Waals surface area (Å²) in [4.78, 5) is 11.5. The van der Waals surface area contributed by atoms with Crippen LogP contribution in [0.3, 0.4) is 0 Å². The van der Waals surface area contributed by atoms with Gasteiger partial charge in [0.1, 0.15) is 5.75 Å². The third kappa shape index (κ3) is 1.87. The van der Waals surface area contributed by atoms with E-state index in [4.69, 9.17) is 4.74 Å². The maximum absolute atomic E-state index is 11.5. The minimum absolute atomic E-state index is 0.124. The summed E-state index contributed by atoms with van der Waals surface area (Å²) in [5.74, 6) is 0.455. The Hall–Kier alpha value is -1.09. The maximum atomic E-state index is 11.5. The van der Waals surface area contributed by atoms with Gasteiger partial charge in [-0.25, -0.2) is 0 Å². The second-order valence-electron chi connectivity index (χ2n) is 2.82. The number of carbonyl (C=O) groups excluding carboxylic acids is 1. The van der Waals surface area contributed by atoms with Crippen molar-refractivity contribution in [3.63, 3.8) is 0 Å². The maximum Gasteiger partial charge on any atom is 0.189 e. The molecule has 3 heteroatoms. The van der Waals surface area contributed by atoms with Crippen molar-refractivity contribution in [2.75, 3.05) is 7.11 Å². The Labute approximate surface area is 91.7 Å². The van der Waals surface area contributed by atoms with Crippen molar-refractivity contribution in [2.45, 2.75) is 6.92 Å². The van der Waals surface area contributed by atoms with Gasteiger partial charge in [-0.1, -0.05) is 22.5 Å². The molecule has 0 amide bonds. The molecule has 0 N–H and O–H groups in total. The topological polar surface area (TPSA) is 26.3 Å². The Bertz CT molecular complexity index is 383. The van der Waals surface area contributed by atoms with Crippen LogP contribution in [0, 0.1) is 6.92 Å². The van der Waals surface area contributed by atoms with Crippen LogP contribution in [-0.2, 0) is 0 Å². The van der Waals surface area contributed by atoms with Gasteiger partial charge in [0.25, 0.3) is 0 Å². The van der Waals surface area contributed by atoms with Gasteiger partial charge < -0.3 is 4.74 Å². The number of benzene rings is 1. The SMILES string of the molecule is C=CC(=O)c1c(OC)ccc(Br)c1C. The minimum atomic E-state index is -0.124. The molecule has 0 aliphatic heterocycles. The molecule has 74 valence electrons. The molecule has 2 nitrogen and oxygen atoms in total. The van der Waals surface area contributed by atoms with Crippen LogP contribution in [0.15, 0.2) is 29.3 Å². The number of rotatable bonds is 3. The number of hydrogen-bond acceptors (Lipinski definition) is 2. The summed E-state index contributed by atoms with van der Waals surface area (Å²) in [7, 11) is 1.54. The van der Waals surface area contributed by atoms with Gasteiger partial charge in [0.05, 0.1) is 12.7 Å². The van der Waals surface area contributed by atoms with E-state index in [0.29, 0.717) is 11.3 Å². The molecule has 0 radical (unpaired) electrons. The van der Waals surface area contributed by atoms with Crippen LogP contribution in [0.2, 0.25) is 0 Å². The second-order valence-corrected chi connectivity index (χ2v) is 3.67. The lowest BCUT2D eigenvalue weighted by atomic mass is 10.0. The highest BCUT2D eigenvalue weighted by Gasteiger charge is 2.14. The molecule has 0 saturated carbocycles. The lowest BCUT2D eigenvalue weighted by Gasteiger charge is -2.10. The lowest BCUT2D eigenvalue weighted by molar-refractivity contribution is 0.104. The van der Waals surface area contributed by atoms with Crippen molar-refractivity contribution < 1.29 is 9.53 Å². The standard InChI is InChI=1S/C11H11BrO2/c1-4-9(13)11-7(2)8(12)5-6-10(11)14-3/h4-6H,1H2,2-3H3. The van der Waals surface area contributed by atoms with Crippen LogP contribution in [0.1, 0.15) is 15.9 Å². The Kier molecular flexibility index (Phi) is 3.47. The van der Waals surface area contributed by atoms with Gasteiger partial charge in [-0.2, -0.15) is 0 Å². The van der Waals surface area contributed by atoms with Crippen molar-refractivity contribution in [3.8, 4) is 5.75 Å². The van der Waals surface area contributed by atoms with E-state index in [-0.39, 0.29) is 5.78 Å². The Balaban J connectivity index is 3.42. The van der Waals surface area contributed by atoms with Gasteiger partial charge in [0.15, 0.2) is 5.78 Å². The van der Waals surface area contributed by atoms with Crippen molar-refractivity contribution >= 4 is 21.7 Å². The predicted molar refractivity (Wildman–Crippen MR) is 60.0 cm³/mol. The van der Waals surface area contributed by atoms with E-state index in [0.717, 1.165) is 10.0 Å². The molecule has 1 aromatic rings. The van der Waals surface area contributed by atoms with Crippen molar-refractivity contribution in [2.24, 2.45) is 0 Å². The minimum Gasteiger partial charge on any atom is -0.496 e. The quantitative estimate of drug-likeness (QED) is 0.612. The summed E-state index contributed by atoms with van der Waals surface area (Å²) < 4.78 is 6.01.